The molecule has 1 N–H and O–H groups in total. The van der Waals surface area contributed by atoms with E-state index < -0.39 is 6.36 Å². The number of anilines is 1. The van der Waals surface area contributed by atoms with Crippen molar-refractivity contribution >= 4 is 38.4 Å². The molecule has 5 nitrogen and oxygen atoms in total. The maximum atomic E-state index is 12.3. The van der Waals surface area contributed by atoms with Crippen molar-refractivity contribution in [1.82, 2.24) is 14.4 Å². The average Bonchev–Trinajstić information content (AvgIpc) is 2.78. The van der Waals surface area contributed by atoms with Crippen molar-refractivity contribution in [2.45, 2.75) is 6.36 Å². The Morgan fingerprint density at radius 2 is 2.10 bits per heavy atom. The molecule has 21 heavy (non-hydrogen) atoms. The van der Waals surface area contributed by atoms with Gasteiger partial charge in [0.15, 0.2) is 11.5 Å². The number of fused-ring (bicyclic) bond motifs is 3. The highest BCUT2D eigenvalue weighted by Gasteiger charge is 2.31. The van der Waals surface area contributed by atoms with E-state index in [2.05, 4.69) is 36.0 Å². The van der Waals surface area contributed by atoms with Crippen molar-refractivity contribution in [3.8, 4) is 5.75 Å². The molecule has 3 aromatic rings. The first kappa shape index (κ1) is 13.9. The molecule has 2 aromatic heterocycles. The summed E-state index contributed by atoms with van der Waals surface area (Å²) in [5.41, 5.74) is 1.54. The van der Waals surface area contributed by atoms with Crippen LogP contribution in [0.4, 0.5) is 19.0 Å². The molecule has 0 fully saturated rings. The van der Waals surface area contributed by atoms with Gasteiger partial charge in [0.1, 0.15) is 10.4 Å². The standard InChI is InChI=1S/C12H8BrF3N4O/c1-17-10-11-18-5-9(13)20(11)8-3-2-6(4-7(8)19-10)21-12(14,15)16/h2-5H,1H3,(H,17,19). The molecular weight excluding hydrogens is 353 g/mol. The van der Waals surface area contributed by atoms with Gasteiger partial charge in [-0.3, -0.25) is 4.40 Å². The number of nitrogens with zero attached hydrogens (tertiary/aromatic N) is 3. The molecule has 9 heteroatoms. The van der Waals surface area contributed by atoms with Crippen LogP contribution in [-0.4, -0.2) is 27.8 Å². The molecule has 0 bridgehead atoms. The zero-order valence-corrected chi connectivity index (χ0v) is 12.2. The molecule has 2 heterocycles. The van der Waals surface area contributed by atoms with Crippen LogP contribution in [0.3, 0.4) is 0 Å². The molecule has 0 spiro atoms. The summed E-state index contributed by atoms with van der Waals surface area (Å²) >= 11 is 3.35. The number of alkyl halides is 3. The summed E-state index contributed by atoms with van der Waals surface area (Å²) in [6.45, 7) is 0. The van der Waals surface area contributed by atoms with Gasteiger partial charge in [-0.15, -0.1) is 13.2 Å². The second-order valence-corrected chi connectivity index (χ2v) is 4.96. The Labute approximate surface area is 124 Å². The normalized spacial score (nSPS) is 12.0. The Kier molecular flexibility index (Phi) is 3.16. The highest BCUT2D eigenvalue weighted by atomic mass is 79.9. The molecular formula is C12H8BrF3N4O. The summed E-state index contributed by atoms with van der Waals surface area (Å²) in [5, 5.41) is 2.86. The molecule has 0 saturated heterocycles. The van der Waals surface area contributed by atoms with E-state index in [1.807, 2.05) is 0 Å². The first-order chi connectivity index (χ1) is 9.89. The number of benzene rings is 1. The zero-order valence-electron chi connectivity index (χ0n) is 10.6. The third kappa shape index (κ3) is 2.48. The molecule has 0 radical (unpaired) electrons. The van der Waals surface area contributed by atoms with E-state index in [-0.39, 0.29) is 5.75 Å². The molecule has 0 unspecified atom stereocenters. The van der Waals surface area contributed by atoms with Gasteiger partial charge in [-0.1, -0.05) is 0 Å². The van der Waals surface area contributed by atoms with Gasteiger partial charge in [-0.25, -0.2) is 9.97 Å². The second-order valence-electron chi connectivity index (χ2n) is 4.15. The molecule has 110 valence electrons. The van der Waals surface area contributed by atoms with Gasteiger partial charge in [0.25, 0.3) is 0 Å². The van der Waals surface area contributed by atoms with E-state index in [0.29, 0.717) is 27.1 Å². The molecule has 1 aromatic carbocycles. The van der Waals surface area contributed by atoms with Crippen molar-refractivity contribution in [3.05, 3.63) is 29.0 Å². The lowest BCUT2D eigenvalue weighted by molar-refractivity contribution is -0.274. The lowest BCUT2D eigenvalue weighted by atomic mass is 10.3. The van der Waals surface area contributed by atoms with Crippen LogP contribution in [0, 0.1) is 0 Å². The summed E-state index contributed by atoms with van der Waals surface area (Å²) in [6.07, 6.45) is -3.14. The van der Waals surface area contributed by atoms with Crippen molar-refractivity contribution in [2.24, 2.45) is 0 Å². The fourth-order valence-corrected chi connectivity index (χ4v) is 2.51. The van der Waals surface area contributed by atoms with E-state index in [0.717, 1.165) is 0 Å². The van der Waals surface area contributed by atoms with Crippen molar-refractivity contribution in [3.63, 3.8) is 0 Å². The predicted octanol–water partition coefficient (Wildman–Crippen LogP) is 3.59. The SMILES string of the molecule is CNc1nc2cc(OC(F)(F)F)ccc2n2c(Br)cnc12. The zero-order chi connectivity index (χ0) is 15.2. The molecule has 0 amide bonds. The summed E-state index contributed by atoms with van der Waals surface area (Å²) in [6, 6.07) is 3.97. The fourth-order valence-electron chi connectivity index (χ4n) is 2.04. The first-order valence-corrected chi connectivity index (χ1v) is 6.58. The number of nitrogens with one attached hydrogen (secondary N) is 1. The van der Waals surface area contributed by atoms with Crippen LogP contribution in [-0.2, 0) is 0 Å². The number of ether oxygens (including phenoxy) is 1. The number of aromatic nitrogens is 3. The van der Waals surface area contributed by atoms with Crippen LogP contribution in [0.5, 0.6) is 5.75 Å². The first-order valence-electron chi connectivity index (χ1n) is 5.79. The number of rotatable bonds is 2. The van der Waals surface area contributed by atoms with E-state index >= 15 is 0 Å². The van der Waals surface area contributed by atoms with Crippen LogP contribution >= 0.6 is 15.9 Å². The monoisotopic (exact) mass is 360 g/mol. The second kappa shape index (κ2) is 4.76. The van der Waals surface area contributed by atoms with Crippen LogP contribution in [0.15, 0.2) is 29.0 Å². The van der Waals surface area contributed by atoms with E-state index in [9.17, 15) is 13.2 Å². The van der Waals surface area contributed by atoms with Gasteiger partial charge >= 0.3 is 6.36 Å². The number of hydrogen-bond donors (Lipinski definition) is 1. The quantitative estimate of drug-likeness (QED) is 0.758. The number of hydrogen-bond acceptors (Lipinski definition) is 4. The van der Waals surface area contributed by atoms with Crippen LogP contribution < -0.4 is 10.1 Å². The number of halogens is 4. The van der Waals surface area contributed by atoms with E-state index in [1.165, 1.54) is 18.2 Å². The van der Waals surface area contributed by atoms with E-state index in [1.54, 1.807) is 17.6 Å². The molecule has 0 aliphatic heterocycles. The highest BCUT2D eigenvalue weighted by Crippen LogP contribution is 2.29. The van der Waals surface area contributed by atoms with Gasteiger partial charge in [-0.05, 0) is 28.1 Å². The summed E-state index contributed by atoms with van der Waals surface area (Å²) in [4.78, 5) is 8.46. The lowest BCUT2D eigenvalue weighted by Gasteiger charge is -2.11. The maximum Gasteiger partial charge on any atom is 0.573 e. The minimum atomic E-state index is -4.74. The van der Waals surface area contributed by atoms with Gasteiger partial charge in [0, 0.05) is 13.1 Å². The Bertz CT molecular complexity index is 831. The molecule has 0 aliphatic rings. The van der Waals surface area contributed by atoms with Gasteiger partial charge < -0.3 is 10.1 Å². The highest BCUT2D eigenvalue weighted by molar-refractivity contribution is 9.10. The van der Waals surface area contributed by atoms with Crippen LogP contribution in [0.25, 0.3) is 16.7 Å². The Hall–Kier alpha value is -2.03. The Morgan fingerprint density at radius 1 is 1.33 bits per heavy atom. The summed E-state index contributed by atoms with van der Waals surface area (Å²) in [7, 11) is 1.66. The summed E-state index contributed by atoms with van der Waals surface area (Å²) < 4.78 is 43.2. The maximum absolute atomic E-state index is 12.3. The fraction of sp³-hybridized carbons (Fsp3) is 0.167. The number of imidazole rings is 1. The Balaban J connectivity index is 2.26. The van der Waals surface area contributed by atoms with Gasteiger partial charge in [0.05, 0.1) is 17.2 Å². The molecule has 0 atom stereocenters. The smallest absolute Gasteiger partial charge is 0.406 e. The van der Waals surface area contributed by atoms with Crippen molar-refractivity contribution < 1.29 is 17.9 Å². The average molecular weight is 361 g/mol. The lowest BCUT2D eigenvalue weighted by Crippen LogP contribution is -2.17. The third-order valence-electron chi connectivity index (χ3n) is 2.82. The van der Waals surface area contributed by atoms with E-state index in [4.69, 9.17) is 0 Å². The summed E-state index contributed by atoms with van der Waals surface area (Å²) in [5.74, 6) is 0.137. The Morgan fingerprint density at radius 3 is 2.76 bits per heavy atom. The van der Waals surface area contributed by atoms with Crippen LogP contribution in [0.2, 0.25) is 0 Å². The van der Waals surface area contributed by atoms with Gasteiger partial charge in [0.2, 0.25) is 0 Å². The third-order valence-corrected chi connectivity index (χ3v) is 3.38. The molecule has 3 rings (SSSR count). The van der Waals surface area contributed by atoms with Crippen molar-refractivity contribution in [1.29, 1.82) is 0 Å². The van der Waals surface area contributed by atoms with Gasteiger partial charge in [-0.2, -0.15) is 0 Å². The largest absolute Gasteiger partial charge is 0.573 e. The molecule has 0 saturated carbocycles. The predicted molar refractivity (Wildman–Crippen MR) is 74.4 cm³/mol. The molecule has 0 aliphatic carbocycles. The topological polar surface area (TPSA) is 51.5 Å². The van der Waals surface area contributed by atoms with Crippen LogP contribution in [0.1, 0.15) is 0 Å². The minimum absolute atomic E-state index is 0.319. The van der Waals surface area contributed by atoms with Crippen molar-refractivity contribution in [2.75, 3.05) is 12.4 Å². The minimum Gasteiger partial charge on any atom is -0.406 e.